The molecule has 16 heavy (non-hydrogen) atoms. The van der Waals surface area contributed by atoms with Gasteiger partial charge in [0.2, 0.25) is 0 Å². The summed E-state index contributed by atoms with van der Waals surface area (Å²) in [5.74, 6) is 0. The second kappa shape index (κ2) is 4.53. The van der Waals surface area contributed by atoms with Gasteiger partial charge in [-0.15, -0.1) is 0 Å². The molecule has 1 unspecified atom stereocenters. The van der Waals surface area contributed by atoms with E-state index in [0.717, 1.165) is 39.5 Å². The first-order valence-corrected chi connectivity index (χ1v) is 5.82. The maximum absolute atomic E-state index is 5.62. The lowest BCUT2D eigenvalue weighted by atomic mass is 10.1. The zero-order chi connectivity index (χ0) is 10.8. The lowest BCUT2D eigenvalue weighted by Crippen LogP contribution is -2.52. The molecule has 0 amide bonds. The van der Waals surface area contributed by atoms with Crippen LogP contribution >= 0.6 is 0 Å². The zero-order valence-corrected chi connectivity index (χ0v) is 9.29. The minimum absolute atomic E-state index is 0.257. The monoisotopic (exact) mass is 223 g/mol. The minimum atomic E-state index is 0.257. The van der Waals surface area contributed by atoms with Crippen LogP contribution in [0.2, 0.25) is 0 Å². The summed E-state index contributed by atoms with van der Waals surface area (Å²) >= 11 is 0. The standard InChI is InChI=1S/C11H17N3O2/c1-2-12-14(3-1)10-6-13(7-10)8-11-9-15-4-5-16-11/h1-3,10-11H,4-9H2. The Bertz CT molecular complexity index is 316. The van der Waals surface area contributed by atoms with Crippen LogP contribution in [-0.2, 0) is 9.47 Å². The molecule has 5 nitrogen and oxygen atoms in total. The van der Waals surface area contributed by atoms with E-state index in [-0.39, 0.29) is 6.10 Å². The first kappa shape index (κ1) is 10.3. The molecule has 1 atom stereocenters. The van der Waals surface area contributed by atoms with E-state index < -0.39 is 0 Å². The molecule has 1 aromatic heterocycles. The normalized spacial score (nSPS) is 27.9. The van der Waals surface area contributed by atoms with E-state index in [0.29, 0.717) is 6.04 Å². The van der Waals surface area contributed by atoms with Gasteiger partial charge in [0.25, 0.3) is 0 Å². The van der Waals surface area contributed by atoms with E-state index in [9.17, 15) is 0 Å². The molecule has 2 saturated heterocycles. The zero-order valence-electron chi connectivity index (χ0n) is 9.29. The highest BCUT2D eigenvalue weighted by molar-refractivity contribution is 4.90. The summed E-state index contributed by atoms with van der Waals surface area (Å²) in [6.07, 6.45) is 4.12. The van der Waals surface area contributed by atoms with Crippen LogP contribution in [0.1, 0.15) is 6.04 Å². The predicted octanol–water partition coefficient (Wildman–Crippen LogP) is 0.155. The number of likely N-dealkylation sites (tertiary alicyclic amines) is 1. The molecule has 2 aliphatic heterocycles. The van der Waals surface area contributed by atoms with Gasteiger partial charge in [0.15, 0.2) is 0 Å². The van der Waals surface area contributed by atoms with Crippen molar-refractivity contribution in [1.29, 1.82) is 0 Å². The number of hydrogen-bond acceptors (Lipinski definition) is 4. The SMILES string of the molecule is c1cnn(C2CN(CC3COCCO3)C2)c1. The van der Waals surface area contributed by atoms with E-state index in [1.54, 1.807) is 0 Å². The first-order chi connectivity index (χ1) is 7.92. The molecule has 0 saturated carbocycles. The van der Waals surface area contributed by atoms with Crippen LogP contribution in [0.4, 0.5) is 0 Å². The van der Waals surface area contributed by atoms with Crippen LogP contribution in [0.5, 0.6) is 0 Å². The van der Waals surface area contributed by atoms with Crippen molar-refractivity contribution in [2.75, 3.05) is 39.5 Å². The maximum atomic E-state index is 5.62. The summed E-state index contributed by atoms with van der Waals surface area (Å²) in [7, 11) is 0. The largest absolute Gasteiger partial charge is 0.376 e. The number of nitrogens with zero attached hydrogens (tertiary/aromatic N) is 3. The maximum Gasteiger partial charge on any atom is 0.0936 e. The summed E-state index contributed by atoms with van der Waals surface area (Å²) in [4.78, 5) is 2.39. The second-order valence-corrected chi connectivity index (χ2v) is 4.43. The van der Waals surface area contributed by atoms with E-state index >= 15 is 0 Å². The topological polar surface area (TPSA) is 39.5 Å². The highest BCUT2D eigenvalue weighted by Crippen LogP contribution is 2.20. The molecule has 3 heterocycles. The van der Waals surface area contributed by atoms with Gasteiger partial charge in [-0.1, -0.05) is 0 Å². The fraction of sp³-hybridized carbons (Fsp3) is 0.727. The summed E-state index contributed by atoms with van der Waals surface area (Å²) in [5.41, 5.74) is 0. The molecule has 0 aliphatic carbocycles. The van der Waals surface area contributed by atoms with Crippen molar-refractivity contribution in [3.63, 3.8) is 0 Å². The number of rotatable bonds is 3. The summed E-state index contributed by atoms with van der Waals surface area (Å²) in [5, 5.41) is 4.25. The van der Waals surface area contributed by atoms with E-state index in [4.69, 9.17) is 9.47 Å². The van der Waals surface area contributed by atoms with Crippen molar-refractivity contribution >= 4 is 0 Å². The van der Waals surface area contributed by atoms with Crippen LogP contribution in [0, 0.1) is 0 Å². The Balaban J connectivity index is 1.43. The Hall–Kier alpha value is -0.910. The van der Waals surface area contributed by atoms with Gasteiger partial charge < -0.3 is 9.47 Å². The average molecular weight is 223 g/mol. The molecule has 0 aromatic carbocycles. The highest BCUT2D eigenvalue weighted by atomic mass is 16.6. The molecule has 1 aromatic rings. The summed E-state index contributed by atoms with van der Waals surface area (Å²) in [6.45, 7) is 5.34. The van der Waals surface area contributed by atoms with Gasteiger partial charge in [0.1, 0.15) is 0 Å². The molecular formula is C11H17N3O2. The molecule has 0 bridgehead atoms. The Kier molecular flexibility index (Phi) is 2.90. The molecule has 88 valence electrons. The van der Waals surface area contributed by atoms with Crippen LogP contribution in [0.25, 0.3) is 0 Å². The number of ether oxygens (including phenoxy) is 2. The Morgan fingerprint density at radius 3 is 2.94 bits per heavy atom. The van der Waals surface area contributed by atoms with Gasteiger partial charge in [-0.3, -0.25) is 9.58 Å². The summed E-state index contributed by atoms with van der Waals surface area (Å²) in [6, 6.07) is 2.51. The average Bonchev–Trinajstić information content (AvgIpc) is 2.77. The minimum Gasteiger partial charge on any atom is -0.376 e. The van der Waals surface area contributed by atoms with Crippen molar-refractivity contribution in [2.24, 2.45) is 0 Å². The number of hydrogen-bond donors (Lipinski definition) is 0. The Morgan fingerprint density at radius 2 is 2.25 bits per heavy atom. The molecule has 5 heteroatoms. The Labute approximate surface area is 94.9 Å². The molecule has 2 fully saturated rings. The van der Waals surface area contributed by atoms with Gasteiger partial charge >= 0.3 is 0 Å². The Morgan fingerprint density at radius 1 is 1.31 bits per heavy atom. The van der Waals surface area contributed by atoms with E-state index in [1.807, 2.05) is 23.1 Å². The van der Waals surface area contributed by atoms with Crippen LogP contribution in [0.15, 0.2) is 18.5 Å². The highest BCUT2D eigenvalue weighted by Gasteiger charge is 2.30. The molecular weight excluding hydrogens is 206 g/mol. The van der Waals surface area contributed by atoms with E-state index in [2.05, 4.69) is 10.00 Å². The lowest BCUT2D eigenvalue weighted by molar-refractivity contribution is -0.106. The van der Waals surface area contributed by atoms with Gasteiger partial charge in [0.05, 0.1) is 32.0 Å². The van der Waals surface area contributed by atoms with Crippen molar-refractivity contribution in [3.05, 3.63) is 18.5 Å². The fourth-order valence-corrected chi connectivity index (χ4v) is 2.29. The molecule has 0 radical (unpaired) electrons. The molecule has 0 spiro atoms. The smallest absolute Gasteiger partial charge is 0.0936 e. The van der Waals surface area contributed by atoms with Gasteiger partial charge in [-0.2, -0.15) is 5.10 Å². The van der Waals surface area contributed by atoms with Crippen molar-refractivity contribution in [1.82, 2.24) is 14.7 Å². The van der Waals surface area contributed by atoms with Crippen LogP contribution in [0.3, 0.4) is 0 Å². The van der Waals surface area contributed by atoms with Crippen molar-refractivity contribution in [3.8, 4) is 0 Å². The van der Waals surface area contributed by atoms with Gasteiger partial charge in [-0.05, 0) is 6.07 Å². The second-order valence-electron chi connectivity index (χ2n) is 4.43. The molecule has 0 N–H and O–H groups in total. The van der Waals surface area contributed by atoms with Gasteiger partial charge in [0, 0.05) is 32.0 Å². The number of aromatic nitrogens is 2. The fourth-order valence-electron chi connectivity index (χ4n) is 2.29. The molecule has 2 aliphatic rings. The van der Waals surface area contributed by atoms with Crippen molar-refractivity contribution in [2.45, 2.75) is 12.1 Å². The van der Waals surface area contributed by atoms with E-state index in [1.165, 1.54) is 0 Å². The first-order valence-electron chi connectivity index (χ1n) is 5.82. The quantitative estimate of drug-likeness (QED) is 0.731. The summed E-state index contributed by atoms with van der Waals surface area (Å²) < 4.78 is 13.0. The lowest BCUT2D eigenvalue weighted by Gasteiger charge is -2.41. The van der Waals surface area contributed by atoms with Gasteiger partial charge in [-0.25, -0.2) is 0 Å². The molecule has 3 rings (SSSR count). The van der Waals surface area contributed by atoms with Crippen LogP contribution < -0.4 is 0 Å². The third kappa shape index (κ3) is 2.11. The third-order valence-corrected chi connectivity index (χ3v) is 3.18. The van der Waals surface area contributed by atoms with Crippen molar-refractivity contribution < 1.29 is 9.47 Å². The predicted molar refractivity (Wildman–Crippen MR) is 58.3 cm³/mol. The third-order valence-electron chi connectivity index (χ3n) is 3.18. The van der Waals surface area contributed by atoms with Crippen LogP contribution in [-0.4, -0.2) is 60.2 Å².